The summed E-state index contributed by atoms with van der Waals surface area (Å²) < 4.78 is 21.2. The van der Waals surface area contributed by atoms with E-state index in [2.05, 4.69) is 21.3 Å². The third-order valence-corrected chi connectivity index (χ3v) is 7.56. The van der Waals surface area contributed by atoms with Gasteiger partial charge in [0.05, 0.1) is 45.2 Å². The first kappa shape index (κ1) is 35.5. The summed E-state index contributed by atoms with van der Waals surface area (Å²) in [7, 11) is 1.81. The Morgan fingerprint density at radius 3 is 1.76 bits per heavy atom. The predicted molar refractivity (Wildman–Crippen MR) is 149 cm³/mol. The summed E-state index contributed by atoms with van der Waals surface area (Å²) in [6, 6.07) is 0. The highest BCUT2D eigenvalue weighted by Gasteiger charge is 2.58. The number of rotatable bonds is 25. The Hall–Kier alpha value is -2.69. The Morgan fingerprint density at radius 1 is 0.762 bits per heavy atom. The van der Waals surface area contributed by atoms with Crippen LogP contribution < -0.4 is 27.0 Å². The molecule has 0 heterocycles. The summed E-state index contributed by atoms with van der Waals surface area (Å²) in [5.41, 5.74) is 4.00. The molecule has 0 aliphatic heterocycles. The van der Waals surface area contributed by atoms with Crippen LogP contribution in [0.25, 0.3) is 0 Å². The van der Waals surface area contributed by atoms with E-state index in [1.54, 1.807) is 6.92 Å². The molecule has 0 bridgehead atoms. The molecule has 2 rings (SSSR count). The average Bonchev–Trinajstić information content (AvgIpc) is 3.84. The van der Waals surface area contributed by atoms with E-state index in [1.165, 1.54) is 0 Å². The molecule has 15 heteroatoms. The van der Waals surface area contributed by atoms with Crippen molar-refractivity contribution in [2.45, 2.75) is 50.1 Å². The van der Waals surface area contributed by atoms with E-state index in [0.29, 0.717) is 25.4 Å². The van der Waals surface area contributed by atoms with Crippen molar-refractivity contribution in [2.24, 2.45) is 17.6 Å². The lowest BCUT2D eigenvalue weighted by molar-refractivity contribution is -0.140. The summed E-state index contributed by atoms with van der Waals surface area (Å²) in [5.74, 6) is -1.70. The van der Waals surface area contributed by atoms with E-state index in [0.717, 1.165) is 19.3 Å². The van der Waals surface area contributed by atoms with Gasteiger partial charge >= 0.3 is 5.97 Å². The number of amides is 3. The van der Waals surface area contributed by atoms with E-state index >= 15 is 0 Å². The zero-order valence-electron chi connectivity index (χ0n) is 24.7. The van der Waals surface area contributed by atoms with Crippen molar-refractivity contribution in [3.8, 4) is 0 Å². The van der Waals surface area contributed by atoms with Crippen molar-refractivity contribution in [3.63, 3.8) is 0 Å². The molecule has 3 unspecified atom stereocenters. The number of hydrogen-bond donors (Lipinski definition) is 6. The fourth-order valence-corrected chi connectivity index (χ4v) is 4.73. The molecule has 7 N–H and O–H groups in total. The van der Waals surface area contributed by atoms with Gasteiger partial charge in [0.1, 0.15) is 24.5 Å². The molecule has 0 radical (unpaired) electrons. The average molecular weight is 602 g/mol. The lowest BCUT2D eigenvalue weighted by atomic mass is 10.1. The molecule has 2 fully saturated rings. The van der Waals surface area contributed by atoms with Gasteiger partial charge in [-0.15, -0.1) is 0 Å². The van der Waals surface area contributed by atoms with Gasteiger partial charge < -0.3 is 51.1 Å². The minimum absolute atomic E-state index is 0.0580. The molecule has 0 aromatic heterocycles. The summed E-state index contributed by atoms with van der Waals surface area (Å²) in [5, 5.41) is 20.2. The fraction of sp³-hybridized carbons (Fsp3) is 0.815. The zero-order valence-corrected chi connectivity index (χ0v) is 24.7. The number of ketones is 1. The molecule has 0 spiro atoms. The van der Waals surface area contributed by atoms with Gasteiger partial charge in [-0.05, 0) is 51.5 Å². The SMILES string of the molecule is CNC1(C(C)=O)CC1CCCNC(=O)COCCOCCNC(=O)COCCOCCNC(=O)CC1C[C@]1(N)C(=O)O. The molecule has 240 valence electrons. The van der Waals surface area contributed by atoms with Gasteiger partial charge in [0.25, 0.3) is 0 Å². The Kier molecular flexibility index (Phi) is 15.3. The van der Waals surface area contributed by atoms with Crippen LogP contribution >= 0.6 is 0 Å². The molecule has 3 amide bonds. The molecule has 2 saturated carbocycles. The van der Waals surface area contributed by atoms with Crippen molar-refractivity contribution < 1.29 is 48.0 Å². The van der Waals surface area contributed by atoms with E-state index < -0.39 is 11.5 Å². The molecule has 15 nitrogen and oxygen atoms in total. The number of nitrogens with one attached hydrogen (secondary N) is 4. The highest BCUT2D eigenvalue weighted by Crippen LogP contribution is 2.46. The summed E-state index contributed by atoms with van der Waals surface area (Å²) in [4.78, 5) is 58.0. The molecule has 2 aliphatic rings. The van der Waals surface area contributed by atoms with Gasteiger partial charge in [-0.3, -0.25) is 24.0 Å². The normalized spacial score (nSPS) is 24.1. The Morgan fingerprint density at radius 2 is 1.29 bits per heavy atom. The van der Waals surface area contributed by atoms with Crippen molar-refractivity contribution >= 4 is 29.5 Å². The van der Waals surface area contributed by atoms with Crippen LogP contribution in [0, 0.1) is 11.8 Å². The molecule has 4 atom stereocenters. The van der Waals surface area contributed by atoms with E-state index in [4.69, 9.17) is 29.8 Å². The number of carboxylic acid groups (broad SMARTS) is 1. The molecule has 0 aromatic rings. The molecule has 2 aliphatic carbocycles. The maximum atomic E-state index is 11.8. The van der Waals surface area contributed by atoms with Crippen LogP contribution in [0.1, 0.15) is 39.0 Å². The summed E-state index contributed by atoms with van der Waals surface area (Å²) in [6.45, 7) is 4.07. The number of nitrogens with two attached hydrogens (primary N) is 1. The van der Waals surface area contributed by atoms with Crippen LogP contribution in [0.4, 0.5) is 0 Å². The van der Waals surface area contributed by atoms with Crippen molar-refractivity contribution in [1.29, 1.82) is 0 Å². The highest BCUT2D eigenvalue weighted by atomic mass is 16.5. The Bertz CT molecular complexity index is 922. The second kappa shape index (κ2) is 18.1. The summed E-state index contributed by atoms with van der Waals surface area (Å²) in [6.07, 6.45) is 2.91. The quantitative estimate of drug-likeness (QED) is 0.0623. The van der Waals surface area contributed by atoms with Gasteiger partial charge in [-0.25, -0.2) is 0 Å². The topological polar surface area (TPSA) is 217 Å². The molecular formula is C27H47N5O10. The number of carboxylic acids is 1. The largest absolute Gasteiger partial charge is 0.480 e. The van der Waals surface area contributed by atoms with Crippen LogP contribution in [-0.2, 0) is 42.9 Å². The highest BCUT2D eigenvalue weighted by molar-refractivity contribution is 5.90. The van der Waals surface area contributed by atoms with E-state index in [1.807, 2.05) is 7.05 Å². The summed E-state index contributed by atoms with van der Waals surface area (Å²) >= 11 is 0. The van der Waals surface area contributed by atoms with Gasteiger partial charge in [-0.1, -0.05) is 0 Å². The lowest BCUT2D eigenvalue weighted by Gasteiger charge is -2.12. The molecular weight excluding hydrogens is 554 g/mol. The van der Waals surface area contributed by atoms with Gasteiger partial charge in [0.15, 0.2) is 0 Å². The number of ether oxygens (including phenoxy) is 4. The second-order valence-corrected chi connectivity index (χ2v) is 10.7. The van der Waals surface area contributed by atoms with Crippen LogP contribution in [0.15, 0.2) is 0 Å². The smallest absolute Gasteiger partial charge is 0.323 e. The number of likely N-dealkylation sites (N-methyl/N-ethyl adjacent to an activating group) is 1. The first-order chi connectivity index (χ1) is 20.0. The first-order valence-corrected chi connectivity index (χ1v) is 14.4. The van der Waals surface area contributed by atoms with Gasteiger partial charge in [0, 0.05) is 26.1 Å². The number of aliphatic carboxylic acids is 1. The monoisotopic (exact) mass is 601 g/mol. The third-order valence-electron chi connectivity index (χ3n) is 7.56. The first-order valence-electron chi connectivity index (χ1n) is 14.4. The maximum Gasteiger partial charge on any atom is 0.323 e. The van der Waals surface area contributed by atoms with Crippen molar-refractivity contribution in [1.82, 2.24) is 21.3 Å². The lowest BCUT2D eigenvalue weighted by Crippen LogP contribution is -2.37. The van der Waals surface area contributed by atoms with Crippen molar-refractivity contribution in [2.75, 3.05) is 79.5 Å². The van der Waals surface area contributed by atoms with Crippen LogP contribution in [0.5, 0.6) is 0 Å². The number of Topliss-reactive ketones (excluding diaryl/α,β-unsaturated/α-hetero) is 1. The fourth-order valence-electron chi connectivity index (χ4n) is 4.73. The molecule has 42 heavy (non-hydrogen) atoms. The third kappa shape index (κ3) is 12.3. The molecule has 0 aromatic carbocycles. The Balaban J connectivity index is 1.29. The van der Waals surface area contributed by atoms with Gasteiger partial charge in [-0.2, -0.15) is 0 Å². The van der Waals surface area contributed by atoms with E-state index in [-0.39, 0.29) is 101 Å². The van der Waals surface area contributed by atoms with Crippen molar-refractivity contribution in [3.05, 3.63) is 0 Å². The van der Waals surface area contributed by atoms with E-state index in [9.17, 15) is 24.0 Å². The second-order valence-electron chi connectivity index (χ2n) is 10.7. The maximum absolute atomic E-state index is 11.8. The van der Waals surface area contributed by atoms with Crippen LogP contribution in [-0.4, -0.2) is 125 Å². The number of carbonyl (C=O) groups is 5. The predicted octanol–water partition coefficient (Wildman–Crippen LogP) is -2.06. The standard InChI is InChI=1S/C27H47N5O10/c1-19(33)27(29-2)16-20(27)4-3-5-30-23(35)17-41-12-11-40-9-7-32-24(36)18-42-13-10-39-8-6-31-22(34)14-21-15-26(21,28)25(37)38/h20-21,29H,3-18,28H2,1-2H3,(H,30,35)(H,31,34)(H,32,36)(H,37,38)/t20?,21?,26-,27?/m1/s1. The van der Waals surface area contributed by atoms with Crippen LogP contribution in [0.3, 0.4) is 0 Å². The minimum atomic E-state index is -1.28. The molecule has 0 saturated heterocycles. The number of hydrogen-bond acceptors (Lipinski definition) is 11. The zero-order chi connectivity index (χ0) is 31.0. The Labute approximate surface area is 246 Å². The van der Waals surface area contributed by atoms with Crippen LogP contribution in [0.2, 0.25) is 0 Å². The minimum Gasteiger partial charge on any atom is -0.480 e. The van der Waals surface area contributed by atoms with Gasteiger partial charge in [0.2, 0.25) is 17.7 Å². The number of carbonyl (C=O) groups excluding carboxylic acids is 4.